The van der Waals surface area contributed by atoms with Gasteiger partial charge in [0.05, 0.1) is 14.1 Å². The first-order valence-electron chi connectivity index (χ1n) is 5.09. The van der Waals surface area contributed by atoms with Crippen molar-refractivity contribution in [3.8, 4) is 0 Å². The quantitative estimate of drug-likeness (QED) is 0.457. The topological polar surface area (TPSA) is 0 Å². The van der Waals surface area contributed by atoms with Crippen LogP contribution in [0.25, 0.3) is 0 Å². The van der Waals surface area contributed by atoms with Crippen molar-refractivity contribution >= 4 is 23.5 Å². The SMILES string of the molecule is C.[CH2-][Al]([CH3])[CH3].[CH]1[CH][CH][CH][CH]1.[CH]1[CH][CH][CH][CH]1.[Cl][Ti+]. The Morgan fingerprint density at radius 2 is 0.765 bits per heavy atom. The molecule has 0 nitrogen and oxygen atoms in total. The minimum atomic E-state index is -0.389. The molecule has 3 heteroatoms. The standard InChI is InChI=1S/2C5H5.CH4.2CH3.CH2.Al.ClH.Ti/c2*1-2-4-5-3-1;;;;;;;/h2*1-5H;1H4;2*1H3;1H2;;1H;/q;;;;;-1;;;+2/p-1. The van der Waals surface area contributed by atoms with Gasteiger partial charge in [-0.05, 0) is 64.2 Å². The van der Waals surface area contributed by atoms with Gasteiger partial charge in [-0.25, -0.2) is 0 Å². The van der Waals surface area contributed by atoms with Crippen LogP contribution < -0.4 is 0 Å². The summed E-state index contributed by atoms with van der Waals surface area (Å²) in [5, 5.41) is 0. The summed E-state index contributed by atoms with van der Waals surface area (Å²) >= 11 is 1.08. The molecule has 0 aromatic heterocycles. The number of hydrogen-bond acceptors (Lipinski definition) is 0. The molecule has 0 unspecified atom stereocenters. The molecule has 92 valence electrons. The molecule has 2 aliphatic rings. The fourth-order valence-electron chi connectivity index (χ4n) is 0.642. The van der Waals surface area contributed by atoms with E-state index < -0.39 is 0 Å². The Balaban J connectivity index is -0.000000158. The average molecular weight is 301 g/mol. The first-order chi connectivity index (χ1) is 7.73. The first kappa shape index (κ1) is 23.6. The summed E-state index contributed by atoms with van der Waals surface area (Å²) in [4.78, 5) is 0. The van der Waals surface area contributed by atoms with Crippen LogP contribution in [-0.2, 0) is 19.4 Å². The van der Waals surface area contributed by atoms with Gasteiger partial charge in [0.1, 0.15) is 0 Å². The fourth-order valence-corrected chi connectivity index (χ4v) is 0.642. The predicted octanol–water partition coefficient (Wildman–Crippen LogP) is 4.48. The molecule has 0 bridgehead atoms. The van der Waals surface area contributed by atoms with E-state index in [1.165, 1.54) is 19.4 Å². The second-order valence-electron chi connectivity index (χ2n) is 3.32. The van der Waals surface area contributed by atoms with Gasteiger partial charge in [-0.3, -0.25) is 0 Å². The molecular weight excluding hydrogens is 278 g/mol. The molecule has 0 aromatic carbocycles. The molecule has 0 heterocycles. The number of hydrogen-bond donors (Lipinski definition) is 0. The Labute approximate surface area is 131 Å². The van der Waals surface area contributed by atoms with Crippen molar-refractivity contribution in [3.63, 3.8) is 0 Å². The summed E-state index contributed by atoms with van der Waals surface area (Å²) in [5.41, 5.74) is 0. The van der Waals surface area contributed by atoms with Crippen molar-refractivity contribution in [2.45, 2.75) is 19.0 Å². The van der Waals surface area contributed by atoms with Crippen molar-refractivity contribution in [2.24, 2.45) is 0 Å². The molecule has 0 saturated heterocycles. The zero-order valence-electron chi connectivity index (χ0n) is 9.94. The van der Waals surface area contributed by atoms with E-state index in [1.54, 1.807) is 0 Å². The zero-order chi connectivity index (χ0) is 12.6. The molecular formula is C14H22AlClTi. The van der Waals surface area contributed by atoms with Gasteiger partial charge in [0.15, 0.2) is 0 Å². The van der Waals surface area contributed by atoms with E-state index in [0.29, 0.717) is 0 Å². The van der Waals surface area contributed by atoms with E-state index in [1.807, 2.05) is 64.2 Å². The van der Waals surface area contributed by atoms with Crippen molar-refractivity contribution < 1.29 is 19.4 Å². The predicted molar refractivity (Wildman–Crippen MR) is 78.4 cm³/mol. The maximum atomic E-state index is 4.64. The minimum absolute atomic E-state index is 0. The van der Waals surface area contributed by atoms with Gasteiger partial charge in [0.25, 0.3) is 0 Å². The van der Waals surface area contributed by atoms with E-state index >= 15 is 0 Å². The molecule has 0 aliphatic heterocycles. The van der Waals surface area contributed by atoms with Crippen LogP contribution >= 0.6 is 9.30 Å². The molecule has 17 heavy (non-hydrogen) atoms. The average Bonchev–Trinajstić information content (AvgIpc) is 2.99. The molecule has 0 N–H and O–H groups in total. The molecule has 0 atom stereocenters. The normalized spacial score (nSPS) is 15.9. The Kier molecular flexibility index (Phi) is 31.5. The molecule has 0 aromatic rings. The van der Waals surface area contributed by atoms with Crippen LogP contribution in [0.1, 0.15) is 7.43 Å². The Morgan fingerprint density at radius 3 is 0.824 bits per heavy atom. The molecule has 0 amide bonds. The molecule has 0 spiro atoms. The van der Waals surface area contributed by atoms with E-state index in [4.69, 9.17) is 0 Å². The molecule has 10 radical (unpaired) electrons. The van der Waals surface area contributed by atoms with Gasteiger partial charge in [0.2, 0.25) is 0 Å². The van der Waals surface area contributed by atoms with Gasteiger partial charge < -0.3 is 5.79 Å². The molecule has 2 fully saturated rings. The van der Waals surface area contributed by atoms with Crippen LogP contribution in [0.3, 0.4) is 0 Å². The fraction of sp³-hybridized carbons (Fsp3) is 0.214. The third-order valence-electron chi connectivity index (χ3n) is 1.11. The van der Waals surface area contributed by atoms with E-state index in [9.17, 15) is 0 Å². The maximum absolute atomic E-state index is 4.64. The van der Waals surface area contributed by atoms with Gasteiger partial charge >= 0.3 is 28.7 Å². The second kappa shape index (κ2) is 22.7. The van der Waals surface area contributed by atoms with Crippen molar-refractivity contribution in [2.75, 3.05) is 0 Å². The third-order valence-corrected chi connectivity index (χ3v) is 1.11. The summed E-state index contributed by atoms with van der Waals surface area (Å²) < 4.78 is 0. The van der Waals surface area contributed by atoms with Crippen molar-refractivity contribution in [3.05, 3.63) is 70.0 Å². The third kappa shape index (κ3) is 31.8. The molecule has 2 rings (SSSR count). The zero-order valence-corrected chi connectivity index (χ0v) is 13.4. The van der Waals surface area contributed by atoms with Crippen molar-refractivity contribution in [1.29, 1.82) is 0 Å². The van der Waals surface area contributed by atoms with Crippen LogP contribution in [0.4, 0.5) is 0 Å². The molecule has 2 saturated carbocycles. The van der Waals surface area contributed by atoms with E-state index in [2.05, 4.69) is 26.7 Å². The van der Waals surface area contributed by atoms with Gasteiger partial charge in [-0.15, -0.1) is 11.6 Å². The Morgan fingerprint density at radius 1 is 0.706 bits per heavy atom. The summed E-state index contributed by atoms with van der Waals surface area (Å²) in [6.07, 6.45) is 20.0. The Hall–Kier alpha value is 1.54. The Bertz CT molecular complexity index is 74.4. The van der Waals surface area contributed by atoms with Crippen LogP contribution in [-0.4, -0.2) is 14.1 Å². The summed E-state index contributed by atoms with van der Waals surface area (Å²) in [5.74, 6) is 8.17. The first-order valence-corrected chi connectivity index (χ1v) is 10.4. The van der Waals surface area contributed by atoms with Crippen LogP contribution in [0.5, 0.6) is 0 Å². The summed E-state index contributed by atoms with van der Waals surface area (Å²) in [7, 11) is 4.64. The van der Waals surface area contributed by atoms with Gasteiger partial charge in [-0.2, -0.15) is 0 Å². The number of halogens is 1. The number of rotatable bonds is 0. The van der Waals surface area contributed by atoms with Gasteiger partial charge in [-0.1, -0.05) is 7.43 Å². The van der Waals surface area contributed by atoms with Crippen LogP contribution in [0.15, 0.2) is 0 Å². The van der Waals surface area contributed by atoms with E-state index in [-0.39, 0.29) is 21.6 Å². The van der Waals surface area contributed by atoms with Crippen LogP contribution in [0, 0.1) is 70.0 Å². The monoisotopic (exact) mass is 300 g/mol. The van der Waals surface area contributed by atoms with E-state index in [0.717, 1.165) is 0 Å². The summed E-state index contributed by atoms with van der Waals surface area (Å²) in [6.45, 7) is 0. The molecule has 2 aliphatic carbocycles. The van der Waals surface area contributed by atoms with Crippen LogP contribution in [0.2, 0.25) is 11.6 Å². The second-order valence-corrected chi connectivity index (χ2v) is 6.11. The van der Waals surface area contributed by atoms with Crippen molar-refractivity contribution in [1.82, 2.24) is 0 Å². The summed E-state index contributed by atoms with van der Waals surface area (Å²) in [6, 6.07) is 0. The van der Waals surface area contributed by atoms with Gasteiger partial charge in [0, 0.05) is 0 Å².